The molecule has 0 radical (unpaired) electrons. The lowest BCUT2D eigenvalue weighted by Gasteiger charge is -2.13. The van der Waals surface area contributed by atoms with Crippen LogP contribution in [0.4, 0.5) is 0 Å². The predicted octanol–water partition coefficient (Wildman–Crippen LogP) is 4.06. The minimum atomic E-state index is -0.165. The van der Waals surface area contributed by atoms with Crippen LogP contribution in [0.3, 0.4) is 0 Å². The molecule has 0 bridgehead atoms. The second-order valence-electron chi connectivity index (χ2n) is 6.07. The lowest BCUT2D eigenvalue weighted by Crippen LogP contribution is -2.33. The van der Waals surface area contributed by atoms with Gasteiger partial charge in [-0.3, -0.25) is 4.79 Å². The Morgan fingerprint density at radius 2 is 2.04 bits per heavy atom. The molecule has 1 atom stereocenters. The molecule has 0 saturated heterocycles. The van der Waals surface area contributed by atoms with Gasteiger partial charge in [-0.1, -0.05) is 30.7 Å². The molecule has 2 heterocycles. The minimum Gasteiger partial charge on any atom is -0.349 e. The van der Waals surface area contributed by atoms with Crippen molar-refractivity contribution in [2.45, 2.75) is 26.3 Å². The highest BCUT2D eigenvalue weighted by Crippen LogP contribution is 2.25. The number of nitrogens with zero attached hydrogens (tertiary/aromatic N) is 3. The summed E-state index contributed by atoms with van der Waals surface area (Å²) in [7, 11) is 1.95. The number of hydrogen-bond donors (Lipinski definition) is 1. The van der Waals surface area contributed by atoms with Crippen LogP contribution in [0.25, 0.3) is 17.1 Å². The van der Waals surface area contributed by atoms with Crippen molar-refractivity contribution in [2.24, 2.45) is 7.05 Å². The van der Waals surface area contributed by atoms with Crippen molar-refractivity contribution in [3.05, 3.63) is 59.4 Å². The second-order valence-corrected chi connectivity index (χ2v) is 6.47. The highest BCUT2D eigenvalue weighted by molar-refractivity contribution is 6.32. The summed E-state index contributed by atoms with van der Waals surface area (Å²) in [5, 5.41) is 8.19. The van der Waals surface area contributed by atoms with Crippen molar-refractivity contribution in [1.82, 2.24) is 19.7 Å². The number of benzene rings is 1. The number of amides is 1. The van der Waals surface area contributed by atoms with Gasteiger partial charge in [-0.25, -0.2) is 4.68 Å². The van der Waals surface area contributed by atoms with Crippen molar-refractivity contribution >= 4 is 17.5 Å². The third-order valence-corrected chi connectivity index (χ3v) is 4.54. The summed E-state index contributed by atoms with van der Waals surface area (Å²) in [5.74, 6) is -0.165. The average molecular weight is 357 g/mol. The van der Waals surface area contributed by atoms with Crippen LogP contribution in [0.5, 0.6) is 0 Å². The molecular formula is C19H21ClN4O. The summed E-state index contributed by atoms with van der Waals surface area (Å²) < 4.78 is 3.58. The van der Waals surface area contributed by atoms with Gasteiger partial charge in [-0.2, -0.15) is 5.10 Å². The maximum absolute atomic E-state index is 12.8. The number of aryl methyl sites for hydroxylation is 1. The number of hydrogen-bond acceptors (Lipinski definition) is 2. The summed E-state index contributed by atoms with van der Waals surface area (Å²) in [6.07, 6.45) is 2.80. The normalized spacial score (nSPS) is 12.2. The number of nitrogens with one attached hydrogen (secondary N) is 1. The van der Waals surface area contributed by atoms with Crippen LogP contribution < -0.4 is 5.32 Å². The van der Waals surface area contributed by atoms with E-state index < -0.39 is 0 Å². The van der Waals surface area contributed by atoms with Gasteiger partial charge < -0.3 is 9.88 Å². The van der Waals surface area contributed by atoms with Gasteiger partial charge in [0, 0.05) is 19.3 Å². The first kappa shape index (κ1) is 17.3. The highest BCUT2D eigenvalue weighted by Gasteiger charge is 2.20. The second kappa shape index (κ2) is 7.15. The number of carbonyl (C=O) groups is 1. The molecule has 25 heavy (non-hydrogen) atoms. The SMILES string of the molecule is CCC(C)NC(=O)c1cc(-c2cccn2C)nn1-c1ccccc1Cl. The summed E-state index contributed by atoms with van der Waals surface area (Å²) in [5.41, 5.74) is 2.80. The van der Waals surface area contributed by atoms with Gasteiger partial charge >= 0.3 is 0 Å². The molecule has 0 saturated carbocycles. The first-order valence-electron chi connectivity index (χ1n) is 8.28. The van der Waals surface area contributed by atoms with Crippen molar-refractivity contribution < 1.29 is 4.79 Å². The Morgan fingerprint density at radius 1 is 1.28 bits per heavy atom. The quantitative estimate of drug-likeness (QED) is 0.749. The molecular weight excluding hydrogens is 336 g/mol. The van der Waals surface area contributed by atoms with E-state index >= 15 is 0 Å². The maximum Gasteiger partial charge on any atom is 0.270 e. The molecule has 1 unspecified atom stereocenters. The van der Waals surface area contributed by atoms with E-state index in [1.165, 1.54) is 0 Å². The van der Waals surface area contributed by atoms with E-state index in [2.05, 4.69) is 10.4 Å². The van der Waals surface area contributed by atoms with Gasteiger partial charge in [0.15, 0.2) is 0 Å². The van der Waals surface area contributed by atoms with Crippen LogP contribution in [0.2, 0.25) is 5.02 Å². The molecule has 3 aromatic rings. The molecule has 0 spiro atoms. The summed E-state index contributed by atoms with van der Waals surface area (Å²) in [6, 6.07) is 13.2. The monoisotopic (exact) mass is 356 g/mol. The van der Waals surface area contributed by atoms with Crippen LogP contribution in [0.1, 0.15) is 30.8 Å². The Morgan fingerprint density at radius 3 is 2.68 bits per heavy atom. The van der Waals surface area contributed by atoms with Crippen LogP contribution in [0, 0.1) is 0 Å². The number of carbonyl (C=O) groups excluding carboxylic acids is 1. The molecule has 0 aliphatic rings. The van der Waals surface area contributed by atoms with E-state index in [1.54, 1.807) is 16.8 Å². The standard InChI is InChI=1S/C19H21ClN4O/c1-4-13(2)21-19(25)18-12-15(17-10-7-11-23(17)3)22-24(18)16-9-6-5-8-14(16)20/h5-13H,4H2,1-3H3,(H,21,25). The van der Waals surface area contributed by atoms with Crippen LogP contribution in [-0.4, -0.2) is 26.3 Å². The highest BCUT2D eigenvalue weighted by atomic mass is 35.5. The fourth-order valence-electron chi connectivity index (χ4n) is 2.60. The number of para-hydroxylation sites is 1. The zero-order chi connectivity index (χ0) is 18.0. The first-order valence-corrected chi connectivity index (χ1v) is 8.66. The van der Waals surface area contributed by atoms with Crippen LogP contribution in [-0.2, 0) is 7.05 Å². The van der Waals surface area contributed by atoms with Crippen LogP contribution in [0.15, 0.2) is 48.7 Å². The number of halogens is 1. The minimum absolute atomic E-state index is 0.0839. The smallest absolute Gasteiger partial charge is 0.270 e. The Bertz CT molecular complexity index is 896. The first-order chi connectivity index (χ1) is 12.0. The number of rotatable bonds is 5. The molecule has 3 rings (SSSR count). The lowest BCUT2D eigenvalue weighted by atomic mass is 10.2. The van der Waals surface area contributed by atoms with Gasteiger partial charge in [0.05, 0.1) is 16.4 Å². The molecule has 2 aromatic heterocycles. The van der Waals surface area contributed by atoms with Gasteiger partial charge in [0.2, 0.25) is 0 Å². The van der Waals surface area contributed by atoms with E-state index in [9.17, 15) is 4.79 Å². The fourth-order valence-corrected chi connectivity index (χ4v) is 2.82. The van der Waals surface area contributed by atoms with Gasteiger partial charge in [0.25, 0.3) is 5.91 Å². The fraction of sp³-hybridized carbons (Fsp3) is 0.263. The zero-order valence-electron chi connectivity index (χ0n) is 14.5. The maximum atomic E-state index is 12.8. The van der Waals surface area contributed by atoms with E-state index in [0.717, 1.165) is 17.8 Å². The van der Waals surface area contributed by atoms with Crippen molar-refractivity contribution in [2.75, 3.05) is 0 Å². The topological polar surface area (TPSA) is 51.9 Å². The third-order valence-electron chi connectivity index (χ3n) is 4.22. The van der Waals surface area contributed by atoms with Crippen molar-refractivity contribution in [3.63, 3.8) is 0 Å². The molecule has 5 nitrogen and oxygen atoms in total. The van der Waals surface area contributed by atoms with E-state index in [-0.39, 0.29) is 11.9 Å². The molecule has 6 heteroatoms. The predicted molar refractivity (Wildman–Crippen MR) is 100 cm³/mol. The Kier molecular flexibility index (Phi) is 4.95. The molecule has 130 valence electrons. The van der Waals surface area contributed by atoms with E-state index in [0.29, 0.717) is 16.4 Å². The van der Waals surface area contributed by atoms with Gasteiger partial charge in [-0.05, 0) is 43.7 Å². The molecule has 1 aromatic carbocycles. The van der Waals surface area contributed by atoms with Crippen molar-refractivity contribution in [3.8, 4) is 17.1 Å². The molecule has 0 fully saturated rings. The van der Waals surface area contributed by atoms with Crippen LogP contribution >= 0.6 is 11.6 Å². The average Bonchev–Trinajstić information content (AvgIpc) is 3.21. The molecule has 0 aliphatic carbocycles. The van der Waals surface area contributed by atoms with Gasteiger partial charge in [-0.15, -0.1) is 0 Å². The third kappa shape index (κ3) is 3.46. The van der Waals surface area contributed by atoms with E-state index in [1.807, 2.05) is 62.0 Å². The Labute approximate surface area is 152 Å². The van der Waals surface area contributed by atoms with Crippen molar-refractivity contribution in [1.29, 1.82) is 0 Å². The summed E-state index contributed by atoms with van der Waals surface area (Å²) in [4.78, 5) is 12.8. The zero-order valence-corrected chi connectivity index (χ0v) is 15.3. The molecule has 1 N–H and O–H groups in total. The Balaban J connectivity index is 2.12. The molecule has 1 amide bonds. The van der Waals surface area contributed by atoms with Gasteiger partial charge in [0.1, 0.15) is 11.4 Å². The molecule has 0 aliphatic heterocycles. The largest absolute Gasteiger partial charge is 0.349 e. The lowest BCUT2D eigenvalue weighted by molar-refractivity contribution is 0.0931. The summed E-state index contributed by atoms with van der Waals surface area (Å²) in [6.45, 7) is 4.01. The number of aromatic nitrogens is 3. The Hall–Kier alpha value is -2.53. The van der Waals surface area contributed by atoms with E-state index in [4.69, 9.17) is 11.6 Å². The summed E-state index contributed by atoms with van der Waals surface area (Å²) >= 11 is 6.34.